The van der Waals surface area contributed by atoms with Crippen LogP contribution in [0.1, 0.15) is 38.4 Å². The summed E-state index contributed by atoms with van der Waals surface area (Å²) in [6.07, 6.45) is 1.82. The van der Waals surface area contributed by atoms with Gasteiger partial charge in [-0.25, -0.2) is 0 Å². The summed E-state index contributed by atoms with van der Waals surface area (Å²) in [5, 5.41) is 10.5. The van der Waals surface area contributed by atoms with E-state index in [-0.39, 0.29) is 6.10 Å². The van der Waals surface area contributed by atoms with Crippen molar-refractivity contribution in [2.75, 3.05) is 6.61 Å². The Kier molecular flexibility index (Phi) is 4.48. The molecule has 1 N–H and O–H groups in total. The van der Waals surface area contributed by atoms with Crippen LogP contribution < -0.4 is 0 Å². The zero-order valence-corrected chi connectivity index (χ0v) is 11.2. The van der Waals surface area contributed by atoms with E-state index in [2.05, 4.69) is 13.0 Å². The molecule has 2 rings (SSSR count). The van der Waals surface area contributed by atoms with Gasteiger partial charge in [-0.1, -0.05) is 25.1 Å². The summed E-state index contributed by atoms with van der Waals surface area (Å²) in [4.78, 5) is 1.20. The van der Waals surface area contributed by atoms with Crippen LogP contribution in [0.3, 0.4) is 0 Å². The molecule has 17 heavy (non-hydrogen) atoms. The minimum Gasteiger partial charge on any atom is -0.388 e. The summed E-state index contributed by atoms with van der Waals surface area (Å²) in [6, 6.07) is 8.16. The second-order valence-electron chi connectivity index (χ2n) is 4.48. The van der Waals surface area contributed by atoms with Crippen molar-refractivity contribution in [1.29, 1.82) is 0 Å². The summed E-state index contributed by atoms with van der Waals surface area (Å²) < 4.78 is 5.58. The molecule has 2 nitrogen and oxygen atoms in total. The number of thioether (sulfide) groups is 1. The number of rotatable bonds is 4. The Morgan fingerprint density at radius 2 is 2.24 bits per heavy atom. The Hall–Kier alpha value is -0.510. The van der Waals surface area contributed by atoms with E-state index in [4.69, 9.17) is 4.74 Å². The van der Waals surface area contributed by atoms with Crippen molar-refractivity contribution in [3.63, 3.8) is 0 Å². The van der Waals surface area contributed by atoms with Crippen molar-refractivity contribution < 1.29 is 9.84 Å². The largest absolute Gasteiger partial charge is 0.388 e. The lowest BCUT2D eigenvalue weighted by atomic mass is 10.1. The molecule has 1 heterocycles. The first-order valence-corrected chi connectivity index (χ1v) is 7.15. The molecule has 94 valence electrons. The summed E-state index contributed by atoms with van der Waals surface area (Å²) in [5.74, 6) is 0. The van der Waals surface area contributed by atoms with E-state index in [0.717, 1.165) is 25.0 Å². The van der Waals surface area contributed by atoms with Gasteiger partial charge in [0, 0.05) is 16.8 Å². The molecule has 1 aliphatic heterocycles. The Morgan fingerprint density at radius 1 is 1.47 bits per heavy atom. The van der Waals surface area contributed by atoms with Gasteiger partial charge in [-0.3, -0.25) is 0 Å². The first kappa shape index (κ1) is 12.9. The molecule has 3 atom stereocenters. The number of hydrogen-bond acceptors (Lipinski definition) is 3. The van der Waals surface area contributed by atoms with E-state index in [1.165, 1.54) is 4.90 Å². The van der Waals surface area contributed by atoms with Crippen molar-refractivity contribution in [1.82, 2.24) is 0 Å². The van der Waals surface area contributed by atoms with Gasteiger partial charge in [-0.15, -0.1) is 11.8 Å². The van der Waals surface area contributed by atoms with Crippen molar-refractivity contribution in [2.24, 2.45) is 0 Å². The number of aliphatic hydroxyl groups is 1. The smallest absolute Gasteiger partial charge is 0.0798 e. The van der Waals surface area contributed by atoms with Crippen LogP contribution in [0.15, 0.2) is 29.2 Å². The van der Waals surface area contributed by atoms with E-state index >= 15 is 0 Å². The molecular weight excluding hydrogens is 232 g/mol. The summed E-state index contributed by atoms with van der Waals surface area (Å²) in [5.41, 5.74) is 1.05. The second kappa shape index (κ2) is 5.89. The second-order valence-corrected chi connectivity index (χ2v) is 5.76. The summed E-state index contributed by atoms with van der Waals surface area (Å²) in [6.45, 7) is 4.99. The standard InChI is InChI=1S/C14H20O2S/c1-3-12(15)11-6-4-5-7-14(11)17-13-8-9-16-10(13)2/h4-7,10,12-13,15H,3,8-9H2,1-2H3. The molecule has 3 heteroatoms. The van der Waals surface area contributed by atoms with Gasteiger partial charge in [0.1, 0.15) is 0 Å². The van der Waals surface area contributed by atoms with Crippen molar-refractivity contribution in [3.05, 3.63) is 29.8 Å². The molecule has 1 aromatic rings. The van der Waals surface area contributed by atoms with Gasteiger partial charge in [-0.2, -0.15) is 0 Å². The number of aliphatic hydroxyl groups excluding tert-OH is 1. The summed E-state index contributed by atoms with van der Waals surface area (Å²) in [7, 11) is 0. The maximum absolute atomic E-state index is 10.0. The number of ether oxygens (including phenoxy) is 1. The minimum absolute atomic E-state index is 0.312. The molecule has 0 aliphatic carbocycles. The Labute approximate surface area is 107 Å². The Balaban J connectivity index is 2.14. The third-order valence-corrected chi connectivity index (χ3v) is 4.80. The van der Waals surface area contributed by atoms with E-state index < -0.39 is 0 Å². The maximum atomic E-state index is 10.0. The van der Waals surface area contributed by atoms with Gasteiger partial charge in [0.25, 0.3) is 0 Å². The SMILES string of the molecule is CCC(O)c1ccccc1SC1CCOC1C. The third kappa shape index (κ3) is 3.03. The van der Waals surface area contributed by atoms with Crippen molar-refractivity contribution >= 4 is 11.8 Å². The number of benzene rings is 1. The monoisotopic (exact) mass is 252 g/mol. The van der Waals surface area contributed by atoms with Crippen LogP contribution in [0.2, 0.25) is 0 Å². The lowest BCUT2D eigenvalue weighted by molar-refractivity contribution is 0.127. The highest BCUT2D eigenvalue weighted by molar-refractivity contribution is 8.00. The van der Waals surface area contributed by atoms with Gasteiger partial charge >= 0.3 is 0 Å². The van der Waals surface area contributed by atoms with Crippen LogP contribution in [0.4, 0.5) is 0 Å². The fraction of sp³-hybridized carbons (Fsp3) is 0.571. The molecular formula is C14H20O2S. The van der Waals surface area contributed by atoms with Crippen LogP contribution in [-0.2, 0) is 4.74 Å². The molecule has 0 radical (unpaired) electrons. The fourth-order valence-corrected chi connectivity index (χ4v) is 3.42. The lowest BCUT2D eigenvalue weighted by Crippen LogP contribution is -2.13. The molecule has 0 amide bonds. The average Bonchev–Trinajstić information content (AvgIpc) is 2.75. The van der Waals surface area contributed by atoms with Crippen molar-refractivity contribution in [3.8, 4) is 0 Å². The summed E-state index contributed by atoms with van der Waals surface area (Å²) >= 11 is 1.84. The molecule has 0 aromatic heterocycles. The van der Waals surface area contributed by atoms with Gasteiger partial charge in [0.2, 0.25) is 0 Å². The van der Waals surface area contributed by atoms with Crippen LogP contribution >= 0.6 is 11.8 Å². The minimum atomic E-state index is -0.351. The average molecular weight is 252 g/mol. The molecule has 1 saturated heterocycles. The molecule has 1 fully saturated rings. The zero-order valence-electron chi connectivity index (χ0n) is 10.4. The Bertz CT molecular complexity index is 367. The molecule has 0 saturated carbocycles. The van der Waals surface area contributed by atoms with E-state index in [0.29, 0.717) is 11.4 Å². The zero-order chi connectivity index (χ0) is 12.3. The highest BCUT2D eigenvalue weighted by atomic mass is 32.2. The maximum Gasteiger partial charge on any atom is 0.0798 e. The highest BCUT2D eigenvalue weighted by Gasteiger charge is 2.26. The topological polar surface area (TPSA) is 29.5 Å². The molecule has 0 bridgehead atoms. The van der Waals surface area contributed by atoms with E-state index in [9.17, 15) is 5.11 Å². The third-order valence-electron chi connectivity index (χ3n) is 3.25. The predicted molar refractivity (Wildman–Crippen MR) is 71.4 cm³/mol. The lowest BCUT2D eigenvalue weighted by Gasteiger charge is -2.18. The molecule has 3 unspecified atom stereocenters. The van der Waals surface area contributed by atoms with E-state index in [1.807, 2.05) is 36.9 Å². The van der Waals surface area contributed by atoms with E-state index in [1.54, 1.807) is 0 Å². The Morgan fingerprint density at radius 3 is 2.88 bits per heavy atom. The van der Waals surface area contributed by atoms with Crippen LogP contribution in [-0.4, -0.2) is 23.1 Å². The van der Waals surface area contributed by atoms with Gasteiger partial charge in [0.05, 0.1) is 12.2 Å². The van der Waals surface area contributed by atoms with Crippen LogP contribution in [0, 0.1) is 0 Å². The van der Waals surface area contributed by atoms with Crippen LogP contribution in [0.5, 0.6) is 0 Å². The van der Waals surface area contributed by atoms with Gasteiger partial charge in [0.15, 0.2) is 0 Å². The molecule has 1 aliphatic rings. The predicted octanol–water partition coefficient (Wildman–Crippen LogP) is 3.40. The van der Waals surface area contributed by atoms with Crippen molar-refractivity contribution in [2.45, 2.75) is 49.0 Å². The first-order chi connectivity index (χ1) is 8.22. The van der Waals surface area contributed by atoms with Gasteiger partial charge < -0.3 is 9.84 Å². The van der Waals surface area contributed by atoms with Crippen LogP contribution in [0.25, 0.3) is 0 Å². The number of hydrogen-bond donors (Lipinski definition) is 1. The quantitative estimate of drug-likeness (QED) is 0.890. The fourth-order valence-electron chi connectivity index (χ4n) is 2.11. The van der Waals surface area contributed by atoms with Gasteiger partial charge in [-0.05, 0) is 31.4 Å². The molecule has 0 spiro atoms. The highest BCUT2D eigenvalue weighted by Crippen LogP contribution is 2.36. The normalized spacial score (nSPS) is 26.1. The first-order valence-electron chi connectivity index (χ1n) is 6.27. The molecule has 1 aromatic carbocycles.